The molecule has 2 rings (SSSR count). The van der Waals surface area contributed by atoms with E-state index in [0.29, 0.717) is 30.5 Å². The molecule has 0 aliphatic rings. The Bertz CT molecular complexity index is 734. The van der Waals surface area contributed by atoms with Crippen molar-refractivity contribution in [1.29, 1.82) is 0 Å². The van der Waals surface area contributed by atoms with Gasteiger partial charge < -0.3 is 0 Å². The summed E-state index contributed by atoms with van der Waals surface area (Å²) < 4.78 is 63.7. The van der Waals surface area contributed by atoms with Crippen LogP contribution in [-0.4, -0.2) is 0 Å². The van der Waals surface area contributed by atoms with Crippen molar-refractivity contribution in [2.24, 2.45) is 0 Å². The monoisotopic (exact) mass is 420 g/mol. The summed E-state index contributed by atoms with van der Waals surface area (Å²) in [5.41, 5.74) is 2.99. The maximum atomic E-state index is 12.7. The van der Waals surface area contributed by atoms with Crippen LogP contribution in [0.2, 0.25) is 0 Å². The first kappa shape index (κ1) is 22.7. The minimum Gasteiger partial charge on any atom is -0.0936 e. The molecule has 2 aromatic rings. The van der Waals surface area contributed by atoms with E-state index in [1.807, 2.05) is 12.1 Å². The highest BCUT2D eigenvalue weighted by Gasteiger charge is 2.65. The van der Waals surface area contributed by atoms with Gasteiger partial charge in [-0.25, -0.2) is 0 Å². The Kier molecular flexibility index (Phi) is 6.85. The van der Waals surface area contributed by atoms with E-state index in [2.05, 4.69) is 19.1 Å². The number of hydrogen-bond donors (Lipinski definition) is 0. The fraction of sp³-hybridized carbons (Fsp3) is 0.455. The Labute approximate surface area is 164 Å². The van der Waals surface area contributed by atoms with Gasteiger partial charge in [0, 0.05) is 0 Å². The third kappa shape index (κ3) is 7.82. The van der Waals surface area contributed by atoms with Gasteiger partial charge in [-0.15, -0.1) is 0 Å². The van der Waals surface area contributed by atoms with Gasteiger partial charge in [-0.3, -0.25) is 0 Å². The first-order valence-electron chi connectivity index (χ1n) is 9.89. The molecule has 0 heterocycles. The average Bonchev–Trinajstić information content (AvgIpc) is 2.62. The SMILES string of the molecule is CCCCCCCCc1ccc(CCc2ccc(S(F)(F)(F)(F)F)cc2)cc1. The van der Waals surface area contributed by atoms with Crippen LogP contribution in [0.4, 0.5) is 19.4 Å². The zero-order chi connectivity index (χ0) is 20.7. The second-order valence-electron chi connectivity index (χ2n) is 7.45. The minimum absolute atomic E-state index is 0.487. The van der Waals surface area contributed by atoms with Crippen molar-refractivity contribution < 1.29 is 19.4 Å². The highest BCUT2D eigenvalue weighted by molar-refractivity contribution is 8.45. The molecule has 0 aliphatic carbocycles. The molecule has 6 heteroatoms. The van der Waals surface area contributed by atoms with Crippen LogP contribution in [0.5, 0.6) is 0 Å². The molecule has 2 aromatic carbocycles. The van der Waals surface area contributed by atoms with E-state index in [1.165, 1.54) is 44.1 Å². The van der Waals surface area contributed by atoms with Gasteiger partial charge in [-0.1, -0.05) is 94.9 Å². The van der Waals surface area contributed by atoms with Gasteiger partial charge in [-0.05, 0) is 54.5 Å². The Hall–Kier alpha value is -1.56. The molecule has 0 N–H and O–H groups in total. The third-order valence-electron chi connectivity index (χ3n) is 4.91. The summed E-state index contributed by atoms with van der Waals surface area (Å²) >= 11 is 0. The Balaban J connectivity index is 1.80. The van der Waals surface area contributed by atoms with E-state index in [-0.39, 0.29) is 0 Å². The molecule has 0 fully saturated rings. The lowest BCUT2D eigenvalue weighted by Gasteiger charge is -2.40. The van der Waals surface area contributed by atoms with Gasteiger partial charge >= 0.3 is 10.2 Å². The van der Waals surface area contributed by atoms with Crippen LogP contribution >= 0.6 is 10.2 Å². The molecule has 0 saturated carbocycles. The number of hydrogen-bond acceptors (Lipinski definition) is 0. The molecular weight excluding hydrogens is 391 g/mol. The summed E-state index contributed by atoms with van der Waals surface area (Å²) in [5.74, 6) is 0. The summed E-state index contributed by atoms with van der Waals surface area (Å²) in [5, 5.41) is 0. The number of aryl methyl sites for hydroxylation is 3. The van der Waals surface area contributed by atoms with Crippen molar-refractivity contribution in [2.75, 3.05) is 0 Å². The summed E-state index contributed by atoms with van der Waals surface area (Å²) in [6.07, 6.45) is 9.80. The van der Waals surface area contributed by atoms with E-state index in [4.69, 9.17) is 0 Å². The molecule has 0 aliphatic heterocycles. The van der Waals surface area contributed by atoms with Crippen LogP contribution in [0.3, 0.4) is 0 Å². The molecule has 28 heavy (non-hydrogen) atoms. The lowest BCUT2D eigenvalue weighted by atomic mass is 10.0. The predicted molar refractivity (Wildman–Crippen MR) is 109 cm³/mol. The lowest BCUT2D eigenvalue weighted by Crippen LogP contribution is -2.06. The quantitative estimate of drug-likeness (QED) is 0.251. The molecule has 0 nitrogen and oxygen atoms in total. The van der Waals surface area contributed by atoms with Crippen molar-refractivity contribution >= 4 is 10.2 Å². The van der Waals surface area contributed by atoms with Crippen LogP contribution in [0, 0.1) is 0 Å². The minimum atomic E-state index is -9.58. The standard InChI is InChI=1S/C22H29F5S/c1-2-3-4-5-6-7-8-19-9-11-20(12-10-19)13-14-21-15-17-22(18-16-21)28(23,24,25,26)27/h9-12,15-18H,2-8,13-14H2,1H3. The summed E-state index contributed by atoms with van der Waals surface area (Å²) in [6, 6.07) is 11.5. The molecule has 0 atom stereocenters. The van der Waals surface area contributed by atoms with Crippen LogP contribution in [0.1, 0.15) is 62.1 Å². The zero-order valence-corrected chi connectivity index (χ0v) is 17.1. The van der Waals surface area contributed by atoms with E-state index >= 15 is 0 Å². The topological polar surface area (TPSA) is 0 Å². The average molecular weight is 421 g/mol. The van der Waals surface area contributed by atoms with Gasteiger partial charge in [0.05, 0.1) is 0 Å². The summed E-state index contributed by atoms with van der Waals surface area (Å²) in [6.45, 7) is 2.21. The fourth-order valence-corrected chi connectivity index (χ4v) is 3.83. The normalized spacial score (nSPS) is 14.5. The van der Waals surface area contributed by atoms with Crippen molar-refractivity contribution in [3.05, 3.63) is 65.2 Å². The lowest BCUT2D eigenvalue weighted by molar-refractivity contribution is 0.364. The Morgan fingerprint density at radius 2 is 0.929 bits per heavy atom. The summed E-state index contributed by atoms with van der Waals surface area (Å²) in [4.78, 5) is -1.83. The molecule has 0 spiro atoms. The molecule has 0 amide bonds. The maximum absolute atomic E-state index is 12.7. The first-order valence-corrected chi connectivity index (χ1v) is 11.8. The Morgan fingerprint density at radius 1 is 0.536 bits per heavy atom. The van der Waals surface area contributed by atoms with Crippen molar-refractivity contribution in [1.82, 2.24) is 0 Å². The second-order valence-corrected chi connectivity index (χ2v) is 9.86. The molecule has 0 aromatic heterocycles. The smallest absolute Gasteiger partial charge is 0.0936 e. The van der Waals surface area contributed by atoms with Gasteiger partial charge in [0.15, 0.2) is 0 Å². The number of rotatable bonds is 11. The van der Waals surface area contributed by atoms with Crippen molar-refractivity contribution in [3.63, 3.8) is 0 Å². The molecule has 0 bridgehead atoms. The van der Waals surface area contributed by atoms with Gasteiger partial charge in [0.1, 0.15) is 4.90 Å². The molecule has 158 valence electrons. The molecule has 0 saturated heterocycles. The van der Waals surface area contributed by atoms with Gasteiger partial charge in [0.2, 0.25) is 0 Å². The second kappa shape index (κ2) is 8.44. The third-order valence-corrected chi connectivity index (χ3v) is 6.08. The van der Waals surface area contributed by atoms with Crippen LogP contribution < -0.4 is 0 Å². The van der Waals surface area contributed by atoms with E-state index in [0.717, 1.165) is 24.1 Å². The van der Waals surface area contributed by atoms with E-state index in [1.54, 1.807) is 0 Å². The predicted octanol–water partition coefficient (Wildman–Crippen LogP) is 9.03. The number of benzene rings is 2. The van der Waals surface area contributed by atoms with E-state index in [9.17, 15) is 19.4 Å². The molecular formula is C22H29F5S. The first-order chi connectivity index (χ1) is 13.0. The maximum Gasteiger partial charge on any atom is 0.310 e. The van der Waals surface area contributed by atoms with Gasteiger partial charge in [0.25, 0.3) is 0 Å². The van der Waals surface area contributed by atoms with Crippen LogP contribution in [0.15, 0.2) is 53.4 Å². The summed E-state index contributed by atoms with van der Waals surface area (Å²) in [7, 11) is -9.58. The number of halogens is 5. The Morgan fingerprint density at radius 3 is 1.39 bits per heavy atom. The van der Waals surface area contributed by atoms with Crippen molar-refractivity contribution in [3.8, 4) is 0 Å². The number of unbranched alkanes of at least 4 members (excludes halogenated alkanes) is 5. The largest absolute Gasteiger partial charge is 0.310 e. The van der Waals surface area contributed by atoms with Crippen LogP contribution in [0.25, 0.3) is 0 Å². The zero-order valence-electron chi connectivity index (χ0n) is 16.3. The van der Waals surface area contributed by atoms with Crippen molar-refractivity contribution in [2.45, 2.75) is 69.6 Å². The van der Waals surface area contributed by atoms with E-state index < -0.39 is 15.1 Å². The van der Waals surface area contributed by atoms with Gasteiger partial charge in [-0.2, -0.15) is 0 Å². The highest BCUT2D eigenvalue weighted by atomic mass is 32.5. The van der Waals surface area contributed by atoms with Crippen LogP contribution in [-0.2, 0) is 19.3 Å². The highest BCUT2D eigenvalue weighted by Crippen LogP contribution is 3.02. The fourth-order valence-electron chi connectivity index (χ4n) is 3.18. The molecule has 0 unspecified atom stereocenters. The molecule has 0 radical (unpaired) electrons.